The van der Waals surface area contributed by atoms with Gasteiger partial charge in [0.1, 0.15) is 11.5 Å². The number of carbonyl (C=O) groups excluding carboxylic acids is 2. The second kappa shape index (κ2) is 8.02. The summed E-state index contributed by atoms with van der Waals surface area (Å²) < 4.78 is 11.0. The second-order valence-corrected chi connectivity index (χ2v) is 8.33. The summed E-state index contributed by atoms with van der Waals surface area (Å²) in [5.41, 5.74) is 0.944. The molecule has 2 atom stereocenters. The number of rotatable bonds is 6. The Kier molecular flexibility index (Phi) is 5.47. The number of carbonyl (C=O) groups is 2. The lowest BCUT2D eigenvalue weighted by Crippen LogP contribution is -2.37. The van der Waals surface area contributed by atoms with Gasteiger partial charge in [-0.2, -0.15) is 0 Å². The van der Waals surface area contributed by atoms with Gasteiger partial charge in [0, 0.05) is 36.5 Å². The molecule has 2 unspecified atom stereocenters. The van der Waals surface area contributed by atoms with Crippen LogP contribution in [0, 0.1) is 11.8 Å². The molecular weight excluding hydrogens is 356 g/mol. The number of ether oxygens (including phenoxy) is 2. The van der Waals surface area contributed by atoms with E-state index in [1.807, 2.05) is 23.1 Å². The normalized spacial score (nSPS) is 25.0. The molecule has 0 radical (unpaired) electrons. The highest BCUT2D eigenvalue weighted by Gasteiger charge is 2.44. The smallest absolute Gasteiger partial charge is 0.225 e. The standard InChI is InChI=1S/C22H30N2O4/c1-27-16-9-10-20(28-2)17(11-16)18-12-24(22(26)14-5-3-4-6-14)13-19(18)21(25)23-15-7-8-15/h9-11,14-15,18-19H,3-8,12-13H2,1-2H3,(H,23,25). The monoisotopic (exact) mass is 386 g/mol. The van der Waals surface area contributed by atoms with Gasteiger partial charge in [-0.05, 0) is 43.9 Å². The van der Waals surface area contributed by atoms with Gasteiger partial charge in [-0.3, -0.25) is 9.59 Å². The van der Waals surface area contributed by atoms with Crippen molar-refractivity contribution in [2.24, 2.45) is 11.8 Å². The number of amides is 2. The van der Waals surface area contributed by atoms with Crippen LogP contribution in [0.5, 0.6) is 11.5 Å². The van der Waals surface area contributed by atoms with E-state index in [2.05, 4.69) is 5.32 Å². The van der Waals surface area contributed by atoms with E-state index < -0.39 is 0 Å². The van der Waals surface area contributed by atoms with Crippen molar-refractivity contribution >= 4 is 11.8 Å². The fourth-order valence-corrected chi connectivity index (χ4v) is 4.66. The molecule has 0 spiro atoms. The zero-order chi connectivity index (χ0) is 19.7. The first kappa shape index (κ1) is 19.1. The van der Waals surface area contributed by atoms with Crippen molar-refractivity contribution in [3.05, 3.63) is 23.8 Å². The third-order valence-corrected chi connectivity index (χ3v) is 6.43. The van der Waals surface area contributed by atoms with Gasteiger partial charge < -0.3 is 19.7 Å². The van der Waals surface area contributed by atoms with Gasteiger partial charge in [0.2, 0.25) is 11.8 Å². The van der Waals surface area contributed by atoms with Gasteiger partial charge in [0.15, 0.2) is 0 Å². The lowest BCUT2D eigenvalue weighted by molar-refractivity contribution is -0.134. The van der Waals surface area contributed by atoms with E-state index in [1.54, 1.807) is 14.2 Å². The number of benzene rings is 1. The molecule has 28 heavy (non-hydrogen) atoms. The molecular formula is C22H30N2O4. The summed E-state index contributed by atoms with van der Waals surface area (Å²) in [6, 6.07) is 5.99. The van der Waals surface area contributed by atoms with Crippen LogP contribution in [0.3, 0.4) is 0 Å². The Morgan fingerprint density at radius 1 is 1.04 bits per heavy atom. The van der Waals surface area contributed by atoms with E-state index in [0.717, 1.165) is 55.6 Å². The van der Waals surface area contributed by atoms with E-state index in [0.29, 0.717) is 19.1 Å². The summed E-state index contributed by atoms with van der Waals surface area (Å²) in [6.07, 6.45) is 6.31. The van der Waals surface area contributed by atoms with E-state index in [9.17, 15) is 9.59 Å². The Balaban J connectivity index is 1.61. The molecule has 2 aliphatic carbocycles. The van der Waals surface area contributed by atoms with Crippen LogP contribution in [0.2, 0.25) is 0 Å². The van der Waals surface area contributed by atoms with Crippen LogP contribution < -0.4 is 14.8 Å². The average molecular weight is 386 g/mol. The molecule has 1 aromatic rings. The lowest BCUT2D eigenvalue weighted by Gasteiger charge is -2.21. The number of hydrogen-bond donors (Lipinski definition) is 1. The fourth-order valence-electron chi connectivity index (χ4n) is 4.66. The summed E-state index contributed by atoms with van der Waals surface area (Å²) >= 11 is 0. The first-order valence-corrected chi connectivity index (χ1v) is 10.4. The van der Waals surface area contributed by atoms with Crippen LogP contribution in [-0.2, 0) is 9.59 Å². The highest BCUT2D eigenvalue weighted by Crippen LogP contribution is 2.41. The molecule has 0 aromatic heterocycles. The first-order valence-electron chi connectivity index (χ1n) is 10.4. The van der Waals surface area contributed by atoms with E-state index in [-0.39, 0.29) is 29.6 Å². The molecule has 3 aliphatic rings. The Morgan fingerprint density at radius 2 is 1.79 bits per heavy atom. The molecule has 152 valence electrons. The van der Waals surface area contributed by atoms with Gasteiger partial charge >= 0.3 is 0 Å². The lowest BCUT2D eigenvalue weighted by atomic mass is 9.87. The number of nitrogens with zero attached hydrogens (tertiary/aromatic N) is 1. The highest BCUT2D eigenvalue weighted by atomic mass is 16.5. The summed E-state index contributed by atoms with van der Waals surface area (Å²) in [5, 5.41) is 3.14. The maximum Gasteiger partial charge on any atom is 0.225 e. The molecule has 1 aliphatic heterocycles. The quantitative estimate of drug-likeness (QED) is 0.816. The predicted molar refractivity (Wildman–Crippen MR) is 105 cm³/mol. The van der Waals surface area contributed by atoms with Crippen molar-refractivity contribution in [2.45, 2.75) is 50.5 Å². The Hall–Kier alpha value is -2.24. The van der Waals surface area contributed by atoms with Crippen molar-refractivity contribution in [1.29, 1.82) is 0 Å². The van der Waals surface area contributed by atoms with Gasteiger partial charge in [-0.25, -0.2) is 0 Å². The van der Waals surface area contributed by atoms with Crippen LogP contribution >= 0.6 is 0 Å². The Bertz CT molecular complexity index is 740. The van der Waals surface area contributed by atoms with E-state index in [4.69, 9.17) is 9.47 Å². The zero-order valence-electron chi connectivity index (χ0n) is 16.8. The van der Waals surface area contributed by atoms with Crippen molar-refractivity contribution in [1.82, 2.24) is 10.2 Å². The van der Waals surface area contributed by atoms with Gasteiger partial charge in [-0.1, -0.05) is 12.8 Å². The molecule has 6 heteroatoms. The van der Waals surface area contributed by atoms with Crippen LogP contribution in [0.15, 0.2) is 18.2 Å². The van der Waals surface area contributed by atoms with Gasteiger partial charge in [-0.15, -0.1) is 0 Å². The van der Waals surface area contributed by atoms with Crippen molar-refractivity contribution < 1.29 is 19.1 Å². The minimum absolute atomic E-state index is 0.0547. The van der Waals surface area contributed by atoms with E-state index >= 15 is 0 Å². The number of hydrogen-bond acceptors (Lipinski definition) is 4. The maximum absolute atomic E-state index is 13.0. The minimum atomic E-state index is -0.257. The van der Waals surface area contributed by atoms with Gasteiger partial charge in [0.05, 0.1) is 20.1 Å². The van der Waals surface area contributed by atoms with Crippen molar-refractivity contribution in [2.75, 3.05) is 27.3 Å². The molecule has 1 saturated heterocycles. The Labute approximate surface area is 166 Å². The molecule has 1 heterocycles. The van der Waals surface area contributed by atoms with E-state index in [1.165, 1.54) is 0 Å². The topological polar surface area (TPSA) is 67.9 Å². The van der Waals surface area contributed by atoms with Crippen molar-refractivity contribution in [3.8, 4) is 11.5 Å². The molecule has 1 aromatic carbocycles. The predicted octanol–water partition coefficient (Wildman–Crippen LogP) is 2.71. The third-order valence-electron chi connectivity index (χ3n) is 6.43. The summed E-state index contributed by atoms with van der Waals surface area (Å²) in [7, 11) is 3.27. The zero-order valence-corrected chi connectivity index (χ0v) is 16.8. The summed E-state index contributed by atoms with van der Waals surface area (Å²) in [6.45, 7) is 1.04. The fraction of sp³-hybridized carbons (Fsp3) is 0.636. The SMILES string of the molecule is COc1ccc(OC)c(C2CN(C(=O)C3CCCC3)CC2C(=O)NC2CC2)c1. The van der Waals surface area contributed by atoms with Crippen molar-refractivity contribution in [3.63, 3.8) is 0 Å². The second-order valence-electron chi connectivity index (χ2n) is 8.33. The minimum Gasteiger partial charge on any atom is -0.497 e. The largest absolute Gasteiger partial charge is 0.497 e. The molecule has 4 rings (SSSR count). The molecule has 1 N–H and O–H groups in total. The van der Waals surface area contributed by atoms with Crippen LogP contribution in [-0.4, -0.2) is 50.1 Å². The van der Waals surface area contributed by atoms with Crippen LogP contribution in [0.1, 0.15) is 50.0 Å². The Morgan fingerprint density at radius 3 is 2.43 bits per heavy atom. The van der Waals surface area contributed by atoms with Gasteiger partial charge in [0.25, 0.3) is 0 Å². The summed E-state index contributed by atoms with van der Waals surface area (Å²) in [5.74, 6) is 1.52. The molecule has 6 nitrogen and oxygen atoms in total. The maximum atomic E-state index is 13.0. The molecule has 0 bridgehead atoms. The molecule has 3 fully saturated rings. The molecule has 2 amide bonds. The van der Waals surface area contributed by atoms with Crippen LogP contribution in [0.4, 0.5) is 0 Å². The average Bonchev–Trinajstić information content (AvgIpc) is 3.21. The highest BCUT2D eigenvalue weighted by molar-refractivity contribution is 5.85. The number of likely N-dealkylation sites (tertiary alicyclic amines) is 1. The van der Waals surface area contributed by atoms with Crippen LogP contribution in [0.25, 0.3) is 0 Å². The summed E-state index contributed by atoms with van der Waals surface area (Å²) in [4.78, 5) is 28.0. The third kappa shape index (κ3) is 3.82. The first-order chi connectivity index (χ1) is 13.6. The number of nitrogens with one attached hydrogen (secondary N) is 1. The molecule has 2 saturated carbocycles. The number of methoxy groups -OCH3 is 2.